The Balaban J connectivity index is 2.11. The molecule has 8 nitrogen and oxygen atoms in total. The van der Waals surface area contributed by atoms with Gasteiger partial charge in [-0.3, -0.25) is 4.79 Å². The molecule has 1 aliphatic heterocycles. The van der Waals surface area contributed by atoms with Crippen LogP contribution in [-0.4, -0.2) is 43.2 Å². The number of aromatic nitrogens is 1. The molecule has 108 valence electrons. The van der Waals surface area contributed by atoms with Gasteiger partial charge in [-0.2, -0.15) is 0 Å². The third-order valence-corrected chi connectivity index (χ3v) is 3.15. The molecule has 1 fully saturated rings. The van der Waals surface area contributed by atoms with Crippen molar-refractivity contribution in [1.82, 2.24) is 10.3 Å². The van der Waals surface area contributed by atoms with E-state index >= 15 is 0 Å². The number of nitrogens with one attached hydrogen (secondary N) is 1. The minimum atomic E-state index is -0.602. The summed E-state index contributed by atoms with van der Waals surface area (Å²) in [6.07, 6.45) is 0.278. The van der Waals surface area contributed by atoms with Crippen molar-refractivity contribution >= 4 is 23.5 Å². The topological polar surface area (TPSA) is 124 Å². The van der Waals surface area contributed by atoms with Crippen molar-refractivity contribution in [1.29, 1.82) is 0 Å². The molecule has 0 radical (unpaired) electrons. The molecule has 0 saturated carbocycles. The Morgan fingerprint density at radius 1 is 1.50 bits per heavy atom. The highest BCUT2D eigenvalue weighted by Crippen LogP contribution is 2.24. The van der Waals surface area contributed by atoms with Gasteiger partial charge in [-0.25, -0.2) is 9.78 Å². The lowest BCUT2D eigenvalue weighted by Gasteiger charge is -2.19. The SMILES string of the molecule is COC(=O)NC1CCN(c2nc(C(N)=O)ccc2N)C1. The second kappa shape index (κ2) is 5.64. The molecule has 2 rings (SSSR count). The van der Waals surface area contributed by atoms with Gasteiger partial charge >= 0.3 is 6.09 Å². The van der Waals surface area contributed by atoms with Crippen LogP contribution in [0.5, 0.6) is 0 Å². The molecule has 1 unspecified atom stereocenters. The Hall–Kier alpha value is -2.51. The van der Waals surface area contributed by atoms with Crippen LogP contribution in [0.15, 0.2) is 12.1 Å². The summed E-state index contributed by atoms with van der Waals surface area (Å²) in [5.74, 6) is -0.0925. The lowest BCUT2D eigenvalue weighted by Crippen LogP contribution is -2.37. The quantitative estimate of drug-likeness (QED) is 0.697. The molecule has 1 aromatic heterocycles. The molecule has 0 aliphatic carbocycles. The summed E-state index contributed by atoms with van der Waals surface area (Å²) in [4.78, 5) is 28.4. The van der Waals surface area contributed by atoms with E-state index in [4.69, 9.17) is 11.5 Å². The number of carbonyl (C=O) groups is 2. The summed E-state index contributed by atoms with van der Waals surface area (Å²) in [5.41, 5.74) is 11.7. The summed E-state index contributed by atoms with van der Waals surface area (Å²) < 4.78 is 4.56. The van der Waals surface area contributed by atoms with Crippen molar-refractivity contribution < 1.29 is 14.3 Å². The maximum Gasteiger partial charge on any atom is 0.407 e. The number of hydrogen-bond donors (Lipinski definition) is 3. The zero-order chi connectivity index (χ0) is 14.7. The summed E-state index contributed by atoms with van der Waals surface area (Å²) in [7, 11) is 1.32. The number of carbonyl (C=O) groups excluding carboxylic acids is 2. The summed E-state index contributed by atoms with van der Waals surface area (Å²) in [6, 6.07) is 3.05. The third kappa shape index (κ3) is 2.90. The van der Waals surface area contributed by atoms with E-state index in [-0.39, 0.29) is 11.7 Å². The monoisotopic (exact) mass is 279 g/mol. The number of nitrogens with two attached hydrogens (primary N) is 2. The van der Waals surface area contributed by atoms with E-state index in [2.05, 4.69) is 15.0 Å². The third-order valence-electron chi connectivity index (χ3n) is 3.15. The number of ether oxygens (including phenoxy) is 1. The Morgan fingerprint density at radius 2 is 2.25 bits per heavy atom. The van der Waals surface area contributed by atoms with Crippen molar-refractivity contribution in [3.05, 3.63) is 17.8 Å². The van der Waals surface area contributed by atoms with E-state index in [1.807, 2.05) is 4.90 Å². The fourth-order valence-corrected chi connectivity index (χ4v) is 2.15. The lowest BCUT2D eigenvalue weighted by atomic mass is 10.3. The number of primary amides is 1. The van der Waals surface area contributed by atoms with Gasteiger partial charge in [-0.15, -0.1) is 0 Å². The minimum Gasteiger partial charge on any atom is -0.453 e. The van der Waals surface area contributed by atoms with E-state index in [0.717, 1.165) is 6.42 Å². The first-order valence-electron chi connectivity index (χ1n) is 6.17. The molecule has 0 bridgehead atoms. The van der Waals surface area contributed by atoms with Crippen molar-refractivity contribution in [3.8, 4) is 0 Å². The number of amides is 2. The maximum absolute atomic E-state index is 11.2. The van der Waals surface area contributed by atoms with Gasteiger partial charge in [0.15, 0.2) is 5.82 Å². The number of nitrogens with zero attached hydrogens (tertiary/aromatic N) is 2. The van der Waals surface area contributed by atoms with Crippen molar-refractivity contribution in [2.75, 3.05) is 30.8 Å². The van der Waals surface area contributed by atoms with Gasteiger partial charge in [0.1, 0.15) is 5.69 Å². The molecule has 5 N–H and O–H groups in total. The molecule has 2 heterocycles. The van der Waals surface area contributed by atoms with Gasteiger partial charge in [0.2, 0.25) is 0 Å². The highest BCUT2D eigenvalue weighted by molar-refractivity contribution is 5.92. The van der Waals surface area contributed by atoms with E-state index in [0.29, 0.717) is 24.6 Å². The molecule has 0 aromatic carbocycles. The highest BCUT2D eigenvalue weighted by atomic mass is 16.5. The molecule has 1 aliphatic rings. The molecular weight excluding hydrogens is 262 g/mol. The number of methoxy groups -OCH3 is 1. The molecule has 8 heteroatoms. The van der Waals surface area contributed by atoms with E-state index in [1.165, 1.54) is 13.2 Å². The lowest BCUT2D eigenvalue weighted by molar-refractivity contribution is 0.0995. The standard InChI is InChI=1S/C12H17N5O3/c1-20-12(19)15-7-4-5-17(6-7)11-8(13)2-3-9(16-11)10(14)18/h2-3,7H,4-6,13H2,1H3,(H2,14,18)(H,15,19). The second-order valence-electron chi connectivity index (χ2n) is 4.54. The molecule has 20 heavy (non-hydrogen) atoms. The van der Waals surface area contributed by atoms with E-state index in [9.17, 15) is 9.59 Å². The Kier molecular flexibility index (Phi) is 3.92. The molecule has 2 amide bonds. The fourth-order valence-electron chi connectivity index (χ4n) is 2.15. The van der Waals surface area contributed by atoms with Gasteiger partial charge < -0.3 is 26.4 Å². The Morgan fingerprint density at radius 3 is 2.90 bits per heavy atom. The number of pyridine rings is 1. The van der Waals surface area contributed by atoms with E-state index < -0.39 is 12.0 Å². The predicted molar refractivity (Wildman–Crippen MR) is 73.3 cm³/mol. The minimum absolute atomic E-state index is 0.0408. The number of rotatable bonds is 3. The van der Waals surface area contributed by atoms with Gasteiger partial charge in [-0.05, 0) is 18.6 Å². The maximum atomic E-state index is 11.2. The van der Waals surface area contributed by atoms with Gasteiger partial charge in [0, 0.05) is 13.1 Å². The number of nitrogen functional groups attached to an aromatic ring is 1. The van der Waals surface area contributed by atoms with Crippen molar-refractivity contribution in [2.45, 2.75) is 12.5 Å². The molecule has 0 spiro atoms. The first-order valence-corrected chi connectivity index (χ1v) is 6.17. The first kappa shape index (κ1) is 13.9. The van der Waals surface area contributed by atoms with Crippen LogP contribution in [0.4, 0.5) is 16.3 Å². The average molecular weight is 279 g/mol. The number of alkyl carbamates (subject to hydrolysis) is 1. The molecule has 1 aromatic rings. The van der Waals surface area contributed by atoms with Crippen molar-refractivity contribution in [2.24, 2.45) is 5.73 Å². The average Bonchev–Trinajstić information content (AvgIpc) is 2.87. The van der Waals surface area contributed by atoms with Gasteiger partial charge in [-0.1, -0.05) is 0 Å². The molecule has 1 saturated heterocycles. The van der Waals surface area contributed by atoms with Crippen LogP contribution < -0.4 is 21.7 Å². The van der Waals surface area contributed by atoms with Crippen LogP contribution in [0.1, 0.15) is 16.9 Å². The van der Waals surface area contributed by atoms with Crippen LogP contribution in [0.25, 0.3) is 0 Å². The van der Waals surface area contributed by atoms with Crippen LogP contribution in [0.3, 0.4) is 0 Å². The molecular formula is C12H17N5O3. The zero-order valence-corrected chi connectivity index (χ0v) is 11.1. The zero-order valence-electron chi connectivity index (χ0n) is 11.1. The van der Waals surface area contributed by atoms with Crippen LogP contribution in [0.2, 0.25) is 0 Å². The summed E-state index contributed by atoms with van der Waals surface area (Å²) in [6.45, 7) is 1.22. The van der Waals surface area contributed by atoms with Crippen LogP contribution >= 0.6 is 0 Å². The first-order chi connectivity index (χ1) is 9.51. The fraction of sp³-hybridized carbons (Fsp3) is 0.417. The van der Waals surface area contributed by atoms with Gasteiger partial charge in [0.25, 0.3) is 5.91 Å². The highest BCUT2D eigenvalue weighted by Gasteiger charge is 2.26. The van der Waals surface area contributed by atoms with E-state index in [1.54, 1.807) is 6.07 Å². The Bertz CT molecular complexity index is 534. The van der Waals surface area contributed by atoms with Gasteiger partial charge in [0.05, 0.1) is 18.8 Å². The predicted octanol–water partition coefficient (Wildman–Crippen LogP) is -0.303. The normalized spacial score (nSPS) is 17.9. The molecule has 1 atom stereocenters. The largest absolute Gasteiger partial charge is 0.453 e. The number of anilines is 2. The summed E-state index contributed by atoms with van der Waals surface area (Å²) in [5, 5.41) is 2.72. The summed E-state index contributed by atoms with van der Waals surface area (Å²) >= 11 is 0. The Labute approximate surface area is 116 Å². The smallest absolute Gasteiger partial charge is 0.407 e. The number of hydrogen-bond acceptors (Lipinski definition) is 6. The van der Waals surface area contributed by atoms with Crippen LogP contribution in [-0.2, 0) is 4.74 Å². The van der Waals surface area contributed by atoms with Crippen molar-refractivity contribution in [3.63, 3.8) is 0 Å². The second-order valence-corrected chi connectivity index (χ2v) is 4.54. The van der Waals surface area contributed by atoms with Crippen LogP contribution in [0, 0.1) is 0 Å².